The normalized spacial score (nSPS) is 13.3. The van der Waals surface area contributed by atoms with E-state index in [9.17, 15) is 9.18 Å². The Morgan fingerprint density at radius 2 is 1.91 bits per heavy atom. The lowest BCUT2D eigenvalue weighted by molar-refractivity contribution is 0.0600. The number of carbonyl (C=O) groups excluding carboxylic acids is 1. The third-order valence-corrected chi connectivity index (χ3v) is 6.85. The van der Waals surface area contributed by atoms with Gasteiger partial charge >= 0.3 is 5.97 Å². The van der Waals surface area contributed by atoms with Gasteiger partial charge in [0, 0.05) is 18.1 Å². The molecule has 4 rings (SSSR count). The minimum atomic E-state index is -0.969. The highest BCUT2D eigenvalue weighted by Crippen LogP contribution is 2.40. The maximum absolute atomic E-state index is 14.6. The number of alkyl halides is 1. The molecule has 3 aromatic rings. The number of aromatic nitrogens is 1. The van der Waals surface area contributed by atoms with Crippen LogP contribution in [0.2, 0.25) is 0 Å². The second-order valence-corrected chi connectivity index (χ2v) is 9.29. The van der Waals surface area contributed by atoms with Crippen molar-refractivity contribution in [3.8, 4) is 5.75 Å². The number of nitrogens with zero attached hydrogens (tertiary/aromatic N) is 2. The van der Waals surface area contributed by atoms with Crippen LogP contribution in [0.3, 0.4) is 0 Å². The third-order valence-electron chi connectivity index (χ3n) is 5.86. The Kier molecular flexibility index (Phi) is 8.06. The number of methoxy groups -OCH3 is 1. The summed E-state index contributed by atoms with van der Waals surface area (Å²) >= 11 is 1.43. The van der Waals surface area contributed by atoms with Gasteiger partial charge in [0.15, 0.2) is 0 Å². The maximum Gasteiger partial charge on any atom is 0.337 e. The van der Waals surface area contributed by atoms with Gasteiger partial charge in [-0.2, -0.15) is 0 Å². The van der Waals surface area contributed by atoms with Gasteiger partial charge in [0.25, 0.3) is 0 Å². The Morgan fingerprint density at radius 1 is 1.15 bits per heavy atom. The summed E-state index contributed by atoms with van der Waals surface area (Å²) in [6.45, 7) is 2.43. The fourth-order valence-corrected chi connectivity index (χ4v) is 4.87. The van der Waals surface area contributed by atoms with Gasteiger partial charge in [-0.25, -0.2) is 14.2 Å². The lowest BCUT2D eigenvalue weighted by Crippen LogP contribution is -2.25. The Bertz CT molecular complexity index is 1110. The Morgan fingerprint density at radius 3 is 2.59 bits per heavy atom. The molecule has 0 saturated heterocycles. The van der Waals surface area contributed by atoms with Gasteiger partial charge < -0.3 is 13.8 Å². The van der Waals surface area contributed by atoms with E-state index in [2.05, 4.69) is 17.1 Å². The molecule has 0 amide bonds. The highest BCUT2D eigenvalue weighted by Gasteiger charge is 2.23. The van der Waals surface area contributed by atoms with E-state index in [0.717, 1.165) is 41.3 Å². The number of aryl methyl sites for hydroxylation is 2. The van der Waals surface area contributed by atoms with Crippen molar-refractivity contribution >= 4 is 23.6 Å². The van der Waals surface area contributed by atoms with Crippen LogP contribution in [-0.2, 0) is 24.2 Å². The summed E-state index contributed by atoms with van der Waals surface area (Å²) in [6.07, 6.45) is 4.36. The second kappa shape index (κ2) is 11.4. The molecule has 2 aromatic carbocycles. The number of ether oxygens (including phenoxy) is 2. The van der Waals surface area contributed by atoms with Gasteiger partial charge in [-0.3, -0.25) is 0 Å². The number of rotatable bonds is 10. The van der Waals surface area contributed by atoms with Crippen LogP contribution in [0.15, 0.2) is 65.8 Å². The number of benzene rings is 2. The van der Waals surface area contributed by atoms with Crippen molar-refractivity contribution in [2.75, 3.05) is 18.0 Å². The number of fused-ring (bicyclic) bond motifs is 1. The van der Waals surface area contributed by atoms with E-state index in [1.807, 2.05) is 41.6 Å². The molecule has 0 aliphatic heterocycles. The zero-order valence-corrected chi connectivity index (χ0v) is 20.3. The van der Waals surface area contributed by atoms with Crippen LogP contribution >= 0.6 is 11.9 Å². The predicted molar refractivity (Wildman–Crippen MR) is 133 cm³/mol. The van der Waals surface area contributed by atoms with E-state index in [4.69, 9.17) is 9.47 Å². The fourth-order valence-electron chi connectivity index (χ4n) is 3.92. The van der Waals surface area contributed by atoms with Crippen LogP contribution in [0.25, 0.3) is 0 Å². The molecule has 1 aromatic heterocycles. The van der Waals surface area contributed by atoms with Gasteiger partial charge in [0.2, 0.25) is 0 Å². The predicted octanol–water partition coefficient (Wildman–Crippen LogP) is 6.20. The first-order valence-electron chi connectivity index (χ1n) is 11.5. The van der Waals surface area contributed by atoms with Gasteiger partial charge in [-0.1, -0.05) is 25.1 Å². The molecule has 0 spiro atoms. The Balaban J connectivity index is 1.61. The summed E-state index contributed by atoms with van der Waals surface area (Å²) in [6, 6.07) is 17.1. The molecule has 1 atom stereocenters. The summed E-state index contributed by atoms with van der Waals surface area (Å²) in [5.74, 6) is 0.358. The second-order valence-electron chi connectivity index (χ2n) is 8.25. The van der Waals surface area contributed by atoms with Gasteiger partial charge in [0.1, 0.15) is 23.6 Å². The van der Waals surface area contributed by atoms with E-state index >= 15 is 0 Å². The van der Waals surface area contributed by atoms with Crippen LogP contribution in [0.1, 0.15) is 46.8 Å². The van der Waals surface area contributed by atoms with Crippen molar-refractivity contribution in [2.24, 2.45) is 0 Å². The topological polar surface area (TPSA) is 51.7 Å². The zero-order valence-electron chi connectivity index (χ0n) is 19.5. The van der Waals surface area contributed by atoms with Crippen LogP contribution in [-0.4, -0.2) is 30.8 Å². The average Bonchev–Trinajstić information content (AvgIpc) is 3.34. The molecule has 178 valence electrons. The molecule has 0 fully saturated rings. The van der Waals surface area contributed by atoms with E-state index < -0.39 is 6.17 Å². The summed E-state index contributed by atoms with van der Waals surface area (Å²) in [5.41, 5.74) is 4.87. The van der Waals surface area contributed by atoms with Crippen LogP contribution < -0.4 is 9.04 Å². The number of carbonyl (C=O) groups is 1. The zero-order chi connectivity index (χ0) is 23.9. The monoisotopic (exact) mass is 480 g/mol. The number of hydrogen-bond acceptors (Lipinski definition) is 6. The van der Waals surface area contributed by atoms with E-state index in [-0.39, 0.29) is 12.5 Å². The number of pyridine rings is 1. The van der Waals surface area contributed by atoms with Gasteiger partial charge in [-0.05, 0) is 78.8 Å². The first kappa shape index (κ1) is 24.1. The molecule has 0 unspecified atom stereocenters. The Labute approximate surface area is 204 Å². The lowest BCUT2D eigenvalue weighted by atomic mass is 10.1. The summed E-state index contributed by atoms with van der Waals surface area (Å²) < 4.78 is 27.6. The van der Waals surface area contributed by atoms with Crippen molar-refractivity contribution in [2.45, 2.75) is 50.4 Å². The largest absolute Gasteiger partial charge is 0.487 e. The molecule has 0 saturated carbocycles. The molecule has 1 aliphatic carbocycles. The molecule has 5 nitrogen and oxygen atoms in total. The van der Waals surface area contributed by atoms with Crippen LogP contribution in [0.4, 0.5) is 10.1 Å². The minimum Gasteiger partial charge on any atom is -0.487 e. The number of esters is 1. The summed E-state index contributed by atoms with van der Waals surface area (Å²) in [7, 11) is 1.37. The van der Waals surface area contributed by atoms with E-state index in [0.29, 0.717) is 18.6 Å². The van der Waals surface area contributed by atoms with Crippen molar-refractivity contribution in [1.82, 2.24) is 4.98 Å². The molecule has 0 N–H and O–H groups in total. The van der Waals surface area contributed by atoms with E-state index in [1.165, 1.54) is 30.2 Å². The SMILES string of the molecule is CC[C@@H](F)CN(Sc1ccccn1)c1cc2c(cc1OCc1ccc(C(=O)OC)cc1)CCC2. The molecular formula is C27H29FN2O3S. The molecule has 0 radical (unpaired) electrons. The van der Waals surface area contributed by atoms with Gasteiger partial charge in [-0.15, -0.1) is 0 Å². The quantitative estimate of drug-likeness (QED) is 0.254. The first-order chi connectivity index (χ1) is 16.6. The average molecular weight is 481 g/mol. The molecular weight excluding hydrogens is 451 g/mol. The van der Waals surface area contributed by atoms with Crippen molar-refractivity contribution in [3.05, 3.63) is 83.0 Å². The molecule has 1 aliphatic rings. The van der Waals surface area contributed by atoms with E-state index in [1.54, 1.807) is 18.3 Å². The van der Waals surface area contributed by atoms with Gasteiger partial charge in [0.05, 0.1) is 24.9 Å². The molecule has 1 heterocycles. The van der Waals surface area contributed by atoms with Crippen molar-refractivity contribution in [1.29, 1.82) is 0 Å². The molecule has 0 bridgehead atoms. The summed E-state index contributed by atoms with van der Waals surface area (Å²) in [5, 5.41) is 0.802. The highest BCUT2D eigenvalue weighted by atomic mass is 32.2. The fraction of sp³-hybridized carbons (Fsp3) is 0.333. The first-order valence-corrected chi connectivity index (χ1v) is 12.3. The molecule has 34 heavy (non-hydrogen) atoms. The maximum atomic E-state index is 14.6. The summed E-state index contributed by atoms with van der Waals surface area (Å²) in [4.78, 5) is 16.1. The molecule has 7 heteroatoms. The standard InChI is InChI=1S/C27H29FN2O3S/c1-3-23(28)17-30(34-26-9-4-5-14-29-26)24-15-21-7-6-8-22(21)16-25(24)33-18-19-10-12-20(13-11-19)27(31)32-2/h4-5,9-16,23H,3,6-8,17-18H2,1-2H3/t23-/m1/s1. The van der Waals surface area contributed by atoms with Crippen molar-refractivity contribution < 1.29 is 18.7 Å². The van der Waals surface area contributed by atoms with Crippen LogP contribution in [0, 0.1) is 0 Å². The van der Waals surface area contributed by atoms with Crippen molar-refractivity contribution in [3.63, 3.8) is 0 Å². The lowest BCUT2D eigenvalue weighted by Gasteiger charge is -2.27. The Hall–Kier alpha value is -3.06. The third kappa shape index (κ3) is 5.89. The smallest absolute Gasteiger partial charge is 0.337 e. The number of halogens is 1. The number of anilines is 1. The minimum absolute atomic E-state index is 0.237. The van der Waals surface area contributed by atoms with Crippen LogP contribution in [0.5, 0.6) is 5.75 Å². The highest BCUT2D eigenvalue weighted by molar-refractivity contribution is 8.00. The number of hydrogen-bond donors (Lipinski definition) is 0.